The molecule has 2 unspecified atom stereocenters. The van der Waals surface area contributed by atoms with Gasteiger partial charge in [-0.05, 0) is 31.2 Å². The summed E-state index contributed by atoms with van der Waals surface area (Å²) >= 11 is 0. The summed E-state index contributed by atoms with van der Waals surface area (Å²) in [7, 11) is 0. The number of carbonyl (C=O) groups is 2. The maximum atomic E-state index is 12.2. The van der Waals surface area contributed by atoms with E-state index in [0.717, 1.165) is 18.4 Å². The van der Waals surface area contributed by atoms with Crippen molar-refractivity contribution in [1.82, 2.24) is 10.6 Å². The second-order valence-electron chi connectivity index (χ2n) is 7.01. The topological polar surface area (TPSA) is 93.5 Å². The second-order valence-corrected chi connectivity index (χ2v) is 7.01. The molecule has 2 rings (SSSR count). The number of nitrogens with one attached hydrogen (secondary N) is 2. The van der Waals surface area contributed by atoms with Crippen molar-refractivity contribution in [2.75, 3.05) is 13.2 Å². The molecule has 26 heavy (non-hydrogen) atoms. The van der Waals surface area contributed by atoms with Crippen molar-refractivity contribution in [3.63, 3.8) is 0 Å². The standard InChI is InChI=1S/C19H29N3O3.ClH/c1-12(2)17(20)19(24)21-11-16(23)22-15-5-4-10-25-18(15)14-8-6-13(3)7-9-14;/h6-9,12,15,17-18H,4-5,10-11,20H2,1-3H3,(H,21,24)(H,22,23);1H/t15?,17-,18?;/m0./s1. The lowest BCUT2D eigenvalue weighted by Crippen LogP contribution is -2.50. The number of carbonyl (C=O) groups excluding carboxylic acids is 2. The molecule has 7 heteroatoms. The van der Waals surface area contributed by atoms with Gasteiger partial charge in [-0.15, -0.1) is 12.4 Å². The minimum absolute atomic E-state index is 0. The van der Waals surface area contributed by atoms with E-state index in [1.165, 1.54) is 5.56 Å². The fraction of sp³-hybridized carbons (Fsp3) is 0.579. The second kappa shape index (κ2) is 10.5. The third kappa shape index (κ3) is 6.27. The number of halogens is 1. The van der Waals surface area contributed by atoms with Gasteiger partial charge in [0.25, 0.3) is 0 Å². The van der Waals surface area contributed by atoms with Gasteiger partial charge in [-0.3, -0.25) is 9.59 Å². The Morgan fingerprint density at radius 2 is 1.92 bits per heavy atom. The van der Waals surface area contributed by atoms with Crippen LogP contribution in [0.5, 0.6) is 0 Å². The van der Waals surface area contributed by atoms with E-state index >= 15 is 0 Å². The number of hydrogen-bond donors (Lipinski definition) is 3. The molecule has 6 nitrogen and oxygen atoms in total. The number of benzene rings is 1. The van der Waals surface area contributed by atoms with Crippen LogP contribution in [0.4, 0.5) is 0 Å². The number of hydrogen-bond acceptors (Lipinski definition) is 4. The summed E-state index contributed by atoms with van der Waals surface area (Å²) in [4.78, 5) is 24.1. The largest absolute Gasteiger partial charge is 0.371 e. The molecule has 146 valence electrons. The monoisotopic (exact) mass is 383 g/mol. The van der Waals surface area contributed by atoms with Crippen molar-refractivity contribution in [2.45, 2.75) is 51.8 Å². The molecule has 1 aromatic rings. The first-order valence-electron chi connectivity index (χ1n) is 8.89. The Morgan fingerprint density at radius 3 is 2.54 bits per heavy atom. The van der Waals surface area contributed by atoms with E-state index in [-0.39, 0.29) is 48.8 Å². The highest BCUT2D eigenvalue weighted by Crippen LogP contribution is 2.28. The SMILES string of the molecule is Cc1ccc(C2OCCCC2NC(=O)CNC(=O)[C@@H](N)C(C)C)cc1.Cl. The van der Waals surface area contributed by atoms with Crippen LogP contribution < -0.4 is 16.4 Å². The van der Waals surface area contributed by atoms with Crippen molar-refractivity contribution >= 4 is 24.2 Å². The van der Waals surface area contributed by atoms with E-state index < -0.39 is 6.04 Å². The molecule has 0 bridgehead atoms. The quantitative estimate of drug-likeness (QED) is 0.698. The van der Waals surface area contributed by atoms with Crippen LogP contribution in [-0.4, -0.2) is 37.0 Å². The minimum Gasteiger partial charge on any atom is -0.371 e. The molecule has 1 fully saturated rings. The smallest absolute Gasteiger partial charge is 0.239 e. The molecule has 0 aliphatic carbocycles. The normalized spacial score (nSPS) is 20.8. The Bertz CT molecular complexity index is 592. The van der Waals surface area contributed by atoms with E-state index in [0.29, 0.717) is 6.61 Å². The summed E-state index contributed by atoms with van der Waals surface area (Å²) < 4.78 is 5.89. The van der Waals surface area contributed by atoms with Gasteiger partial charge in [-0.2, -0.15) is 0 Å². The zero-order chi connectivity index (χ0) is 18.4. The van der Waals surface area contributed by atoms with Crippen LogP contribution >= 0.6 is 12.4 Å². The van der Waals surface area contributed by atoms with E-state index in [1.54, 1.807) is 0 Å². The maximum Gasteiger partial charge on any atom is 0.239 e. The van der Waals surface area contributed by atoms with Gasteiger partial charge in [-0.1, -0.05) is 43.7 Å². The van der Waals surface area contributed by atoms with Crippen molar-refractivity contribution in [3.8, 4) is 0 Å². The Morgan fingerprint density at radius 1 is 1.27 bits per heavy atom. The highest BCUT2D eigenvalue weighted by molar-refractivity contribution is 5.87. The lowest BCUT2D eigenvalue weighted by Gasteiger charge is -2.32. The molecule has 0 saturated carbocycles. The number of amides is 2. The van der Waals surface area contributed by atoms with Crippen molar-refractivity contribution in [1.29, 1.82) is 0 Å². The van der Waals surface area contributed by atoms with Crippen molar-refractivity contribution in [3.05, 3.63) is 35.4 Å². The molecule has 4 N–H and O–H groups in total. The van der Waals surface area contributed by atoms with Gasteiger partial charge < -0.3 is 21.1 Å². The summed E-state index contributed by atoms with van der Waals surface area (Å²) in [5.74, 6) is -0.502. The van der Waals surface area contributed by atoms with Crippen LogP contribution in [0.15, 0.2) is 24.3 Å². The summed E-state index contributed by atoms with van der Waals surface area (Å²) in [5, 5.41) is 5.58. The van der Waals surface area contributed by atoms with Gasteiger partial charge in [0.05, 0.1) is 18.6 Å². The highest BCUT2D eigenvalue weighted by Gasteiger charge is 2.29. The van der Waals surface area contributed by atoms with Crippen LogP contribution in [0.1, 0.15) is 43.9 Å². The number of aryl methyl sites for hydroxylation is 1. The van der Waals surface area contributed by atoms with Crippen LogP contribution in [0, 0.1) is 12.8 Å². The zero-order valence-corrected chi connectivity index (χ0v) is 16.5. The predicted octanol–water partition coefficient (Wildman–Crippen LogP) is 1.85. The Balaban J connectivity index is 0.00000338. The molecule has 3 atom stereocenters. The zero-order valence-electron chi connectivity index (χ0n) is 15.7. The van der Waals surface area contributed by atoms with Gasteiger partial charge in [0, 0.05) is 6.61 Å². The number of nitrogens with two attached hydrogens (primary N) is 1. The Kier molecular flexibility index (Phi) is 9.05. The lowest BCUT2D eigenvalue weighted by atomic mass is 9.95. The van der Waals surface area contributed by atoms with Crippen LogP contribution in [0.3, 0.4) is 0 Å². The first-order chi connectivity index (χ1) is 11.9. The molecule has 1 saturated heterocycles. The molecular weight excluding hydrogens is 354 g/mol. The van der Waals surface area contributed by atoms with Crippen molar-refractivity contribution < 1.29 is 14.3 Å². The van der Waals surface area contributed by atoms with Gasteiger partial charge in [0.1, 0.15) is 6.10 Å². The summed E-state index contributed by atoms with van der Waals surface area (Å²) in [5.41, 5.74) is 8.02. The Hall–Kier alpha value is -1.63. The van der Waals surface area contributed by atoms with E-state index in [9.17, 15) is 9.59 Å². The summed E-state index contributed by atoms with van der Waals surface area (Å²) in [6.45, 7) is 6.39. The lowest BCUT2D eigenvalue weighted by molar-refractivity contribution is -0.128. The molecular formula is C19H30ClN3O3. The average Bonchev–Trinajstić information content (AvgIpc) is 2.60. The summed E-state index contributed by atoms with van der Waals surface area (Å²) in [6.07, 6.45) is 1.59. The fourth-order valence-corrected chi connectivity index (χ4v) is 2.86. The minimum atomic E-state index is -0.605. The molecule has 0 spiro atoms. The van der Waals surface area contributed by atoms with E-state index in [2.05, 4.69) is 10.6 Å². The van der Waals surface area contributed by atoms with E-state index in [1.807, 2.05) is 45.0 Å². The number of ether oxygens (including phenoxy) is 1. The van der Waals surface area contributed by atoms with Gasteiger partial charge in [0.15, 0.2) is 0 Å². The van der Waals surface area contributed by atoms with Crippen LogP contribution in [-0.2, 0) is 14.3 Å². The first-order valence-corrected chi connectivity index (χ1v) is 8.89. The third-order valence-corrected chi connectivity index (χ3v) is 4.52. The van der Waals surface area contributed by atoms with Crippen molar-refractivity contribution in [2.24, 2.45) is 11.7 Å². The third-order valence-electron chi connectivity index (χ3n) is 4.52. The molecule has 1 aromatic carbocycles. The molecule has 1 aliphatic rings. The van der Waals surface area contributed by atoms with Gasteiger partial charge >= 0.3 is 0 Å². The van der Waals surface area contributed by atoms with Gasteiger partial charge in [-0.25, -0.2) is 0 Å². The highest BCUT2D eigenvalue weighted by atomic mass is 35.5. The first kappa shape index (κ1) is 22.4. The molecule has 1 aliphatic heterocycles. The molecule has 2 amide bonds. The maximum absolute atomic E-state index is 12.2. The van der Waals surface area contributed by atoms with Crippen LogP contribution in [0.2, 0.25) is 0 Å². The predicted molar refractivity (Wildman–Crippen MR) is 104 cm³/mol. The van der Waals surface area contributed by atoms with Gasteiger partial charge in [0.2, 0.25) is 11.8 Å². The molecule has 1 heterocycles. The summed E-state index contributed by atoms with van der Waals surface area (Å²) in [6, 6.07) is 7.45. The van der Waals surface area contributed by atoms with E-state index in [4.69, 9.17) is 10.5 Å². The Labute approximate surface area is 161 Å². The molecule has 0 aromatic heterocycles. The fourth-order valence-electron chi connectivity index (χ4n) is 2.86. The number of rotatable bonds is 6. The van der Waals surface area contributed by atoms with Crippen LogP contribution in [0.25, 0.3) is 0 Å². The average molecular weight is 384 g/mol. The molecule has 0 radical (unpaired) electrons.